The summed E-state index contributed by atoms with van der Waals surface area (Å²) in [6.45, 7) is 4.47. The first-order valence-electron chi connectivity index (χ1n) is 4.69. The standard InChI is InChI=1S/C12H20S/c1-10(2)11-6-8-12(9-7-11)13(3,4)5/h6-10H,1-5H3. The Hall–Kier alpha value is -0.430. The van der Waals surface area contributed by atoms with Gasteiger partial charge in [0.1, 0.15) is 0 Å². The molecule has 0 atom stereocenters. The molecule has 0 N–H and O–H groups in total. The number of rotatable bonds is 2. The van der Waals surface area contributed by atoms with E-state index in [1.807, 2.05) is 0 Å². The maximum atomic E-state index is 2.33. The molecule has 0 nitrogen and oxygen atoms in total. The smallest absolute Gasteiger partial charge is 0.0106 e. The van der Waals surface area contributed by atoms with E-state index in [0.29, 0.717) is 5.92 Å². The molecule has 74 valence electrons. The first-order valence-corrected chi connectivity index (χ1v) is 7.55. The van der Waals surface area contributed by atoms with Crippen molar-refractivity contribution in [2.75, 3.05) is 18.8 Å². The molecule has 0 fully saturated rings. The fourth-order valence-corrected chi connectivity index (χ4v) is 2.21. The Morgan fingerprint density at radius 3 is 1.69 bits per heavy atom. The van der Waals surface area contributed by atoms with Gasteiger partial charge in [0.2, 0.25) is 0 Å². The fourth-order valence-electron chi connectivity index (χ4n) is 1.26. The number of hydrogen-bond acceptors (Lipinski definition) is 0. The van der Waals surface area contributed by atoms with Gasteiger partial charge in [-0.15, -0.1) is 0 Å². The first kappa shape index (κ1) is 10.6. The molecule has 0 unspecified atom stereocenters. The monoisotopic (exact) mass is 196 g/mol. The summed E-state index contributed by atoms with van der Waals surface area (Å²) in [5.74, 6) is 0.643. The summed E-state index contributed by atoms with van der Waals surface area (Å²) in [5.41, 5.74) is 1.44. The van der Waals surface area contributed by atoms with Crippen molar-refractivity contribution in [3.63, 3.8) is 0 Å². The molecule has 1 aromatic rings. The minimum atomic E-state index is -0.545. The minimum Gasteiger partial charge on any atom is -0.223 e. The van der Waals surface area contributed by atoms with Crippen LogP contribution in [-0.4, -0.2) is 18.8 Å². The molecule has 0 aliphatic rings. The van der Waals surface area contributed by atoms with Crippen LogP contribution in [0.2, 0.25) is 0 Å². The summed E-state index contributed by atoms with van der Waals surface area (Å²) in [6.07, 6.45) is 6.99. The van der Waals surface area contributed by atoms with Crippen LogP contribution in [0.4, 0.5) is 0 Å². The van der Waals surface area contributed by atoms with Crippen molar-refractivity contribution < 1.29 is 0 Å². The van der Waals surface area contributed by atoms with Crippen LogP contribution in [0.1, 0.15) is 25.3 Å². The molecule has 0 saturated carbocycles. The maximum Gasteiger partial charge on any atom is -0.0106 e. The Labute approximate surface area is 83.7 Å². The second-order valence-electron chi connectivity index (χ2n) is 4.56. The van der Waals surface area contributed by atoms with Crippen LogP contribution >= 0.6 is 10.0 Å². The summed E-state index contributed by atoms with van der Waals surface area (Å²) in [4.78, 5) is 1.50. The van der Waals surface area contributed by atoms with Gasteiger partial charge < -0.3 is 0 Å². The highest BCUT2D eigenvalue weighted by atomic mass is 32.3. The van der Waals surface area contributed by atoms with Crippen molar-refractivity contribution in [3.8, 4) is 0 Å². The largest absolute Gasteiger partial charge is 0.223 e. The van der Waals surface area contributed by atoms with E-state index in [1.54, 1.807) is 0 Å². The van der Waals surface area contributed by atoms with E-state index in [1.165, 1.54) is 10.5 Å². The quantitative estimate of drug-likeness (QED) is 0.673. The molecule has 0 spiro atoms. The number of hydrogen-bond donors (Lipinski definition) is 0. The van der Waals surface area contributed by atoms with Gasteiger partial charge in [-0.25, -0.2) is 10.0 Å². The normalized spacial score (nSPS) is 13.4. The molecule has 1 rings (SSSR count). The minimum absolute atomic E-state index is 0.545. The predicted molar refractivity (Wildman–Crippen MR) is 64.2 cm³/mol. The second-order valence-corrected chi connectivity index (χ2v) is 8.71. The molecular weight excluding hydrogens is 176 g/mol. The van der Waals surface area contributed by atoms with Crippen molar-refractivity contribution in [1.82, 2.24) is 0 Å². The third kappa shape index (κ3) is 2.77. The predicted octanol–water partition coefficient (Wildman–Crippen LogP) is 3.86. The Kier molecular flexibility index (Phi) is 3.07. The van der Waals surface area contributed by atoms with Crippen molar-refractivity contribution in [2.45, 2.75) is 24.7 Å². The lowest BCUT2D eigenvalue weighted by Gasteiger charge is -2.26. The highest BCUT2D eigenvalue weighted by Crippen LogP contribution is 2.45. The maximum absolute atomic E-state index is 2.33. The van der Waals surface area contributed by atoms with E-state index >= 15 is 0 Å². The first-order chi connectivity index (χ1) is 5.91. The zero-order valence-electron chi connectivity index (χ0n) is 9.29. The third-order valence-electron chi connectivity index (χ3n) is 2.25. The van der Waals surface area contributed by atoms with Gasteiger partial charge in [-0.2, -0.15) is 0 Å². The van der Waals surface area contributed by atoms with Gasteiger partial charge in [0.05, 0.1) is 0 Å². The summed E-state index contributed by atoms with van der Waals surface area (Å²) in [5, 5.41) is 0. The molecular formula is C12H20S. The van der Waals surface area contributed by atoms with Crippen LogP contribution < -0.4 is 0 Å². The summed E-state index contributed by atoms with van der Waals surface area (Å²) in [6, 6.07) is 9.09. The van der Waals surface area contributed by atoms with E-state index in [9.17, 15) is 0 Å². The number of benzene rings is 1. The molecule has 0 bridgehead atoms. The second kappa shape index (κ2) is 3.75. The SMILES string of the molecule is CC(C)c1ccc(S(C)(C)C)cc1. The van der Waals surface area contributed by atoms with Crippen molar-refractivity contribution in [2.24, 2.45) is 0 Å². The molecule has 1 heteroatoms. The van der Waals surface area contributed by atoms with E-state index < -0.39 is 10.0 Å². The van der Waals surface area contributed by atoms with E-state index in [0.717, 1.165) is 0 Å². The molecule has 0 aliphatic carbocycles. The van der Waals surface area contributed by atoms with Gasteiger partial charge in [0.15, 0.2) is 0 Å². The summed E-state index contributed by atoms with van der Waals surface area (Å²) >= 11 is 0. The average Bonchev–Trinajstić information content (AvgIpc) is 2.03. The van der Waals surface area contributed by atoms with Crippen LogP contribution in [0, 0.1) is 0 Å². The molecule has 0 amide bonds. The lowest BCUT2D eigenvalue weighted by molar-refractivity contribution is 0.865. The van der Waals surface area contributed by atoms with Gasteiger partial charge >= 0.3 is 0 Å². The Morgan fingerprint density at radius 1 is 0.923 bits per heavy atom. The third-order valence-corrected chi connectivity index (χ3v) is 3.94. The zero-order chi connectivity index (χ0) is 10.1. The van der Waals surface area contributed by atoms with Crippen LogP contribution in [0.3, 0.4) is 0 Å². The molecule has 1 aromatic carbocycles. The molecule has 0 heterocycles. The molecule has 0 saturated heterocycles. The summed E-state index contributed by atoms with van der Waals surface area (Å²) in [7, 11) is -0.545. The average molecular weight is 196 g/mol. The van der Waals surface area contributed by atoms with E-state index in [-0.39, 0.29) is 0 Å². The molecule has 13 heavy (non-hydrogen) atoms. The molecule has 0 aliphatic heterocycles. The lowest BCUT2D eigenvalue weighted by Crippen LogP contribution is -1.94. The lowest BCUT2D eigenvalue weighted by atomic mass is 10.0. The zero-order valence-corrected chi connectivity index (χ0v) is 10.1. The van der Waals surface area contributed by atoms with Crippen LogP contribution in [0.15, 0.2) is 29.2 Å². The van der Waals surface area contributed by atoms with Gasteiger partial charge in [-0.05, 0) is 47.3 Å². The fraction of sp³-hybridized carbons (Fsp3) is 0.500. The van der Waals surface area contributed by atoms with E-state index in [2.05, 4.69) is 56.9 Å². The topological polar surface area (TPSA) is 0 Å². The van der Waals surface area contributed by atoms with Crippen molar-refractivity contribution in [1.29, 1.82) is 0 Å². The van der Waals surface area contributed by atoms with Crippen LogP contribution in [0.5, 0.6) is 0 Å². The van der Waals surface area contributed by atoms with Crippen molar-refractivity contribution in [3.05, 3.63) is 29.8 Å². The summed E-state index contributed by atoms with van der Waals surface area (Å²) < 4.78 is 0. The van der Waals surface area contributed by atoms with Crippen molar-refractivity contribution >= 4 is 10.0 Å². The highest BCUT2D eigenvalue weighted by Gasteiger charge is 2.07. The Balaban J connectivity index is 2.94. The van der Waals surface area contributed by atoms with Gasteiger partial charge in [0.25, 0.3) is 0 Å². The van der Waals surface area contributed by atoms with Gasteiger partial charge in [-0.1, -0.05) is 26.0 Å². The van der Waals surface area contributed by atoms with Crippen LogP contribution in [-0.2, 0) is 0 Å². The van der Waals surface area contributed by atoms with Gasteiger partial charge in [-0.3, -0.25) is 0 Å². The highest BCUT2D eigenvalue weighted by molar-refractivity contribution is 8.32. The Bertz CT molecular complexity index is 264. The molecule has 0 radical (unpaired) electrons. The Morgan fingerprint density at radius 2 is 1.38 bits per heavy atom. The molecule has 0 aromatic heterocycles. The van der Waals surface area contributed by atoms with Gasteiger partial charge in [0, 0.05) is 0 Å². The van der Waals surface area contributed by atoms with Crippen LogP contribution in [0.25, 0.3) is 0 Å². The van der Waals surface area contributed by atoms with E-state index in [4.69, 9.17) is 0 Å².